The Morgan fingerprint density at radius 2 is 2.19 bits per heavy atom. The van der Waals surface area contributed by atoms with Gasteiger partial charge >= 0.3 is 6.03 Å². The number of anilines is 1. The Bertz CT molecular complexity index is 511. The number of β-amino-alcohol motifs (C(OH)–C–C–N with tert-alkyl or cyclic N) is 1. The number of aliphatic hydroxyl groups is 1. The molecule has 1 aromatic rings. The maximum Gasteiger partial charge on any atom is 0.319 e. The average molecular weight is 293 g/mol. The lowest BCUT2D eigenvalue weighted by Crippen LogP contribution is -2.42. The van der Waals surface area contributed by atoms with Gasteiger partial charge in [-0.3, -0.25) is 0 Å². The van der Waals surface area contributed by atoms with E-state index in [2.05, 4.69) is 16.0 Å². The average Bonchev–Trinajstić information content (AvgIpc) is 2.41. The van der Waals surface area contributed by atoms with Crippen molar-refractivity contribution in [3.05, 3.63) is 23.8 Å². The summed E-state index contributed by atoms with van der Waals surface area (Å²) < 4.78 is 5.69. The highest BCUT2D eigenvalue weighted by Crippen LogP contribution is 2.28. The second-order valence-electron chi connectivity index (χ2n) is 6.19. The van der Waals surface area contributed by atoms with Crippen molar-refractivity contribution in [2.24, 2.45) is 0 Å². The van der Waals surface area contributed by atoms with E-state index in [1.54, 1.807) is 0 Å². The molecule has 21 heavy (non-hydrogen) atoms. The van der Waals surface area contributed by atoms with Gasteiger partial charge in [-0.05, 0) is 32.9 Å². The molecule has 4 N–H and O–H groups in total. The number of carbonyl (C=O) groups is 1. The van der Waals surface area contributed by atoms with Crippen LogP contribution in [0.4, 0.5) is 10.5 Å². The van der Waals surface area contributed by atoms with Crippen molar-refractivity contribution in [1.29, 1.82) is 0 Å². The highest BCUT2D eigenvalue weighted by molar-refractivity contribution is 5.92. The Hall–Kier alpha value is -1.79. The molecule has 1 heterocycles. The van der Waals surface area contributed by atoms with E-state index in [1.807, 2.05) is 39.0 Å². The van der Waals surface area contributed by atoms with E-state index >= 15 is 0 Å². The maximum atomic E-state index is 11.3. The smallest absolute Gasteiger partial charge is 0.319 e. The van der Waals surface area contributed by atoms with Crippen LogP contribution in [0.5, 0.6) is 5.75 Å². The number of nitrogens with one attached hydrogen (secondary N) is 3. The molecule has 1 atom stereocenters. The molecule has 0 radical (unpaired) electrons. The Morgan fingerprint density at radius 3 is 2.90 bits per heavy atom. The number of amides is 2. The molecule has 2 rings (SSSR count). The van der Waals surface area contributed by atoms with Gasteiger partial charge in [0.05, 0.1) is 12.2 Å². The lowest BCUT2D eigenvalue weighted by molar-refractivity contribution is 0.0995. The van der Waals surface area contributed by atoms with Gasteiger partial charge in [0.1, 0.15) is 18.5 Å². The summed E-state index contributed by atoms with van der Waals surface area (Å²) in [4.78, 5) is 11.3. The van der Waals surface area contributed by atoms with E-state index in [1.165, 1.54) is 0 Å². The number of ether oxygens (including phenoxy) is 1. The minimum absolute atomic E-state index is 0.0406. The Kier molecular flexibility index (Phi) is 4.69. The molecule has 6 heteroatoms. The number of urea groups is 1. The molecule has 1 aromatic carbocycles. The van der Waals surface area contributed by atoms with Crippen molar-refractivity contribution >= 4 is 11.7 Å². The van der Waals surface area contributed by atoms with Crippen molar-refractivity contribution in [2.75, 3.05) is 18.5 Å². The molecule has 0 fully saturated rings. The summed E-state index contributed by atoms with van der Waals surface area (Å²) in [5, 5.41) is 18.6. The first-order valence-electron chi connectivity index (χ1n) is 7.08. The van der Waals surface area contributed by atoms with Gasteiger partial charge in [-0.2, -0.15) is 0 Å². The van der Waals surface area contributed by atoms with Crippen molar-refractivity contribution < 1.29 is 14.6 Å². The van der Waals surface area contributed by atoms with Gasteiger partial charge in [-0.15, -0.1) is 0 Å². The van der Waals surface area contributed by atoms with E-state index in [9.17, 15) is 9.90 Å². The SMILES string of the molecule is CC(C)(C)NCC(O)COc1cccc2c1CNC(=O)N2. The Labute approximate surface area is 124 Å². The van der Waals surface area contributed by atoms with Gasteiger partial charge < -0.3 is 25.8 Å². The van der Waals surface area contributed by atoms with Crippen LogP contribution in [-0.4, -0.2) is 35.9 Å². The van der Waals surface area contributed by atoms with Crippen molar-refractivity contribution in [1.82, 2.24) is 10.6 Å². The third-order valence-corrected chi connectivity index (χ3v) is 3.11. The van der Waals surface area contributed by atoms with Crippen molar-refractivity contribution in [2.45, 2.75) is 39.0 Å². The third-order valence-electron chi connectivity index (χ3n) is 3.11. The van der Waals surface area contributed by atoms with Crippen LogP contribution in [0.2, 0.25) is 0 Å². The first-order chi connectivity index (χ1) is 9.85. The number of hydrogen-bond donors (Lipinski definition) is 4. The molecular weight excluding hydrogens is 270 g/mol. The van der Waals surface area contributed by atoms with Crippen LogP contribution >= 0.6 is 0 Å². The Morgan fingerprint density at radius 1 is 1.43 bits per heavy atom. The number of carbonyl (C=O) groups excluding carboxylic acids is 1. The summed E-state index contributed by atoms with van der Waals surface area (Å²) >= 11 is 0. The second kappa shape index (κ2) is 6.32. The summed E-state index contributed by atoms with van der Waals surface area (Å²) in [5.74, 6) is 0.676. The van der Waals surface area contributed by atoms with Crippen molar-refractivity contribution in [3.8, 4) is 5.75 Å². The maximum absolute atomic E-state index is 11.3. The van der Waals surface area contributed by atoms with Crippen LogP contribution in [0.3, 0.4) is 0 Å². The van der Waals surface area contributed by atoms with Crippen molar-refractivity contribution in [3.63, 3.8) is 0 Å². The van der Waals surface area contributed by atoms with Crippen LogP contribution in [0, 0.1) is 0 Å². The van der Waals surface area contributed by atoms with E-state index in [4.69, 9.17) is 4.74 Å². The Balaban J connectivity index is 1.92. The van der Waals surface area contributed by atoms with E-state index < -0.39 is 6.10 Å². The molecule has 0 bridgehead atoms. The van der Waals surface area contributed by atoms with Crippen LogP contribution in [0.1, 0.15) is 26.3 Å². The summed E-state index contributed by atoms with van der Waals surface area (Å²) in [5.41, 5.74) is 1.60. The van der Waals surface area contributed by atoms with E-state index in [-0.39, 0.29) is 18.2 Å². The molecule has 2 amide bonds. The summed E-state index contributed by atoms with van der Waals surface area (Å²) in [6.07, 6.45) is -0.591. The third kappa shape index (κ3) is 4.61. The fourth-order valence-corrected chi connectivity index (χ4v) is 2.00. The predicted octanol–water partition coefficient (Wildman–Crippen LogP) is 1.45. The first-order valence-corrected chi connectivity index (χ1v) is 7.08. The second-order valence-corrected chi connectivity index (χ2v) is 6.19. The zero-order valence-electron chi connectivity index (χ0n) is 12.7. The van der Waals surface area contributed by atoms with Crippen LogP contribution in [-0.2, 0) is 6.54 Å². The van der Waals surface area contributed by atoms with Gasteiger partial charge in [0, 0.05) is 17.6 Å². The molecule has 6 nitrogen and oxygen atoms in total. The van der Waals surface area contributed by atoms with Crippen LogP contribution < -0.4 is 20.7 Å². The number of benzene rings is 1. The van der Waals surface area contributed by atoms with E-state index in [0.29, 0.717) is 18.8 Å². The predicted molar refractivity (Wildman–Crippen MR) is 81.6 cm³/mol. The quantitative estimate of drug-likeness (QED) is 0.662. The zero-order chi connectivity index (χ0) is 15.5. The molecule has 1 aliphatic rings. The highest BCUT2D eigenvalue weighted by Gasteiger charge is 2.18. The number of hydrogen-bond acceptors (Lipinski definition) is 4. The minimum Gasteiger partial charge on any atom is -0.490 e. The molecule has 1 aliphatic heterocycles. The lowest BCUT2D eigenvalue weighted by Gasteiger charge is -2.24. The molecule has 0 aromatic heterocycles. The fourth-order valence-electron chi connectivity index (χ4n) is 2.00. The molecular formula is C15H23N3O3. The molecule has 1 unspecified atom stereocenters. The molecule has 116 valence electrons. The number of fused-ring (bicyclic) bond motifs is 1. The summed E-state index contributed by atoms with van der Waals surface area (Å²) in [6.45, 7) is 7.22. The first kappa shape index (κ1) is 15.6. The molecule has 0 saturated heterocycles. The summed E-state index contributed by atoms with van der Waals surface area (Å²) in [6, 6.07) is 5.27. The molecule has 0 spiro atoms. The summed E-state index contributed by atoms with van der Waals surface area (Å²) in [7, 11) is 0. The van der Waals surface area contributed by atoms with Gasteiger partial charge in [0.25, 0.3) is 0 Å². The highest BCUT2D eigenvalue weighted by atomic mass is 16.5. The van der Waals surface area contributed by atoms with Crippen LogP contribution in [0.25, 0.3) is 0 Å². The van der Waals surface area contributed by atoms with Gasteiger partial charge in [-0.1, -0.05) is 6.07 Å². The minimum atomic E-state index is -0.591. The standard InChI is InChI=1S/C15H23N3O3/c1-15(2,3)17-7-10(19)9-21-13-6-4-5-12-11(13)8-16-14(20)18-12/h4-6,10,17,19H,7-9H2,1-3H3,(H2,16,18,20). The van der Waals surface area contributed by atoms with Gasteiger partial charge in [-0.25, -0.2) is 4.79 Å². The lowest BCUT2D eigenvalue weighted by atomic mass is 10.1. The number of aliphatic hydroxyl groups excluding tert-OH is 1. The van der Waals surface area contributed by atoms with Gasteiger partial charge in [0.15, 0.2) is 0 Å². The normalized spacial score (nSPS) is 15.7. The van der Waals surface area contributed by atoms with E-state index in [0.717, 1.165) is 11.3 Å². The fraction of sp³-hybridized carbons (Fsp3) is 0.533. The zero-order valence-corrected chi connectivity index (χ0v) is 12.7. The largest absolute Gasteiger partial charge is 0.490 e. The van der Waals surface area contributed by atoms with Gasteiger partial charge in [0.2, 0.25) is 0 Å². The monoisotopic (exact) mass is 293 g/mol. The van der Waals surface area contributed by atoms with Crippen LogP contribution in [0.15, 0.2) is 18.2 Å². The molecule has 0 saturated carbocycles. The topological polar surface area (TPSA) is 82.6 Å². The number of rotatable bonds is 5. The molecule has 0 aliphatic carbocycles.